The van der Waals surface area contributed by atoms with E-state index in [9.17, 15) is 9.59 Å². The average molecular weight is 405 g/mol. The fourth-order valence-electron chi connectivity index (χ4n) is 4.02. The van der Waals surface area contributed by atoms with Crippen LogP contribution in [0.5, 0.6) is 0 Å². The molecule has 2 aliphatic rings. The Bertz CT molecular complexity index is 947. The molecule has 0 radical (unpaired) electrons. The third kappa shape index (κ3) is 4.24. The lowest BCUT2D eigenvalue weighted by Crippen LogP contribution is -2.41. The molecule has 0 aliphatic carbocycles. The maximum atomic E-state index is 12.9. The number of likely N-dealkylation sites (tertiary alicyclic amines) is 1. The molecule has 6 nitrogen and oxygen atoms in total. The van der Waals surface area contributed by atoms with Gasteiger partial charge in [0, 0.05) is 18.7 Å². The summed E-state index contributed by atoms with van der Waals surface area (Å²) < 4.78 is 0. The molecule has 3 N–H and O–H groups in total. The van der Waals surface area contributed by atoms with Crippen molar-refractivity contribution in [3.8, 4) is 0 Å². The largest absolute Gasteiger partial charge is 0.367 e. The second kappa shape index (κ2) is 8.32. The molecule has 0 aromatic heterocycles. The van der Waals surface area contributed by atoms with Crippen molar-refractivity contribution >= 4 is 17.5 Å². The van der Waals surface area contributed by atoms with Gasteiger partial charge in [-0.1, -0.05) is 42.5 Å². The summed E-state index contributed by atoms with van der Waals surface area (Å²) >= 11 is 0. The van der Waals surface area contributed by atoms with Crippen LogP contribution in [0.3, 0.4) is 0 Å². The number of benzene rings is 2. The molecule has 4 rings (SSSR count). The summed E-state index contributed by atoms with van der Waals surface area (Å²) in [5.74, 6) is 0.123. The van der Waals surface area contributed by atoms with E-state index >= 15 is 0 Å². The number of hydrogen-bond acceptors (Lipinski definition) is 4. The van der Waals surface area contributed by atoms with Crippen molar-refractivity contribution in [3.63, 3.8) is 0 Å². The summed E-state index contributed by atoms with van der Waals surface area (Å²) in [4.78, 5) is 31.6. The van der Waals surface area contributed by atoms with Gasteiger partial charge in [-0.15, -0.1) is 0 Å². The van der Waals surface area contributed by atoms with Gasteiger partial charge in [-0.25, -0.2) is 0 Å². The second-order valence-corrected chi connectivity index (χ2v) is 8.24. The molecule has 0 bridgehead atoms. The number of hydrogen-bond donors (Lipinski definition) is 2. The van der Waals surface area contributed by atoms with E-state index < -0.39 is 11.5 Å². The number of rotatable bonds is 5. The first-order valence-electron chi connectivity index (χ1n) is 10.3. The van der Waals surface area contributed by atoms with Gasteiger partial charge in [-0.2, -0.15) is 0 Å². The summed E-state index contributed by atoms with van der Waals surface area (Å²) in [6.07, 6.45) is 4.78. The van der Waals surface area contributed by atoms with Crippen LogP contribution in [0, 0.1) is 5.92 Å². The number of carbonyl (C=O) groups excluding carboxylic acids is 2. The molecule has 1 atom stereocenters. The Hall–Kier alpha value is -3.12. The molecule has 2 heterocycles. The zero-order valence-electron chi connectivity index (χ0n) is 17.1. The van der Waals surface area contributed by atoms with Crippen molar-refractivity contribution in [2.24, 2.45) is 11.7 Å². The second-order valence-electron chi connectivity index (χ2n) is 8.24. The predicted octanol–water partition coefficient (Wildman–Crippen LogP) is 2.90. The highest BCUT2D eigenvalue weighted by atomic mass is 16.7. The Labute approximate surface area is 176 Å². The number of nitrogens with two attached hydrogens (primary N) is 1. The molecule has 2 amide bonds. The van der Waals surface area contributed by atoms with Gasteiger partial charge in [-0.05, 0) is 61.4 Å². The Balaban J connectivity index is 1.35. The van der Waals surface area contributed by atoms with Gasteiger partial charge in [0.1, 0.15) is 0 Å². The van der Waals surface area contributed by atoms with Crippen LogP contribution in [0.2, 0.25) is 0 Å². The molecular weight excluding hydrogens is 378 g/mol. The van der Waals surface area contributed by atoms with E-state index in [-0.39, 0.29) is 5.91 Å². The Morgan fingerprint density at radius 3 is 2.37 bits per heavy atom. The van der Waals surface area contributed by atoms with Crippen LogP contribution in [0.25, 0.3) is 5.70 Å². The zero-order chi connectivity index (χ0) is 21.1. The van der Waals surface area contributed by atoms with Crippen molar-refractivity contribution in [2.75, 3.05) is 13.1 Å². The van der Waals surface area contributed by atoms with Crippen molar-refractivity contribution < 1.29 is 14.4 Å². The van der Waals surface area contributed by atoms with Crippen molar-refractivity contribution in [1.29, 1.82) is 0 Å². The number of nitrogens with one attached hydrogen (secondary N) is 1. The van der Waals surface area contributed by atoms with E-state index in [1.165, 1.54) is 5.56 Å². The van der Waals surface area contributed by atoms with E-state index in [2.05, 4.69) is 29.7 Å². The molecule has 2 aromatic rings. The lowest BCUT2D eigenvalue weighted by molar-refractivity contribution is -0.138. The normalized spacial score (nSPS) is 21.8. The minimum Gasteiger partial charge on any atom is -0.367 e. The minimum atomic E-state index is -1.17. The third-order valence-corrected chi connectivity index (χ3v) is 5.99. The van der Waals surface area contributed by atoms with Crippen molar-refractivity contribution in [2.45, 2.75) is 31.8 Å². The molecule has 1 fully saturated rings. The summed E-state index contributed by atoms with van der Waals surface area (Å²) in [6.45, 7) is 3.18. The van der Waals surface area contributed by atoms with E-state index in [0.29, 0.717) is 17.2 Å². The standard InChI is InChI=1S/C24H27N3O3/c1-24(23(25)29)16-21(26-30-24)19-7-9-20(10-8-19)22(28)27-13-11-18(12-14-27)15-17-5-3-2-4-6-17/h2-10,16,18,26H,11-15H2,1H3,(H2,25,29). The van der Waals surface area contributed by atoms with Gasteiger partial charge in [0.15, 0.2) is 5.60 Å². The van der Waals surface area contributed by atoms with Crippen LogP contribution in [-0.4, -0.2) is 35.4 Å². The molecule has 1 saturated heterocycles. The van der Waals surface area contributed by atoms with Gasteiger partial charge < -0.3 is 10.6 Å². The Morgan fingerprint density at radius 2 is 1.77 bits per heavy atom. The number of amides is 2. The maximum absolute atomic E-state index is 12.9. The molecular formula is C24H27N3O3. The number of hydroxylamine groups is 1. The highest BCUT2D eigenvalue weighted by molar-refractivity contribution is 5.95. The highest BCUT2D eigenvalue weighted by Gasteiger charge is 2.36. The molecule has 0 spiro atoms. The minimum absolute atomic E-state index is 0.0614. The molecule has 1 unspecified atom stereocenters. The van der Waals surface area contributed by atoms with Crippen LogP contribution in [-0.2, 0) is 16.1 Å². The van der Waals surface area contributed by atoms with Crippen molar-refractivity contribution in [1.82, 2.24) is 10.4 Å². The van der Waals surface area contributed by atoms with E-state index in [0.717, 1.165) is 37.9 Å². The first-order valence-corrected chi connectivity index (χ1v) is 10.3. The highest BCUT2D eigenvalue weighted by Crippen LogP contribution is 2.27. The molecule has 2 aromatic carbocycles. The average Bonchev–Trinajstić information content (AvgIpc) is 3.18. The third-order valence-electron chi connectivity index (χ3n) is 5.99. The Kier molecular flexibility index (Phi) is 5.59. The molecule has 2 aliphatic heterocycles. The molecule has 0 saturated carbocycles. The predicted molar refractivity (Wildman–Crippen MR) is 115 cm³/mol. The summed E-state index contributed by atoms with van der Waals surface area (Å²) in [5.41, 5.74) is 10.5. The van der Waals surface area contributed by atoms with Crippen LogP contribution >= 0.6 is 0 Å². The fraction of sp³-hybridized carbons (Fsp3) is 0.333. The van der Waals surface area contributed by atoms with Crippen LogP contribution < -0.4 is 11.2 Å². The van der Waals surface area contributed by atoms with Crippen LogP contribution in [0.15, 0.2) is 60.7 Å². The first-order chi connectivity index (χ1) is 14.4. The SMILES string of the molecule is CC1(C(N)=O)C=C(c2ccc(C(=O)N3CCC(Cc4ccccc4)CC3)cc2)NO1. The monoisotopic (exact) mass is 405 g/mol. The quantitative estimate of drug-likeness (QED) is 0.801. The number of nitrogens with zero attached hydrogens (tertiary/aromatic N) is 1. The summed E-state index contributed by atoms with van der Waals surface area (Å²) in [6, 6.07) is 17.9. The maximum Gasteiger partial charge on any atom is 0.256 e. The zero-order valence-corrected chi connectivity index (χ0v) is 17.1. The van der Waals surface area contributed by atoms with E-state index in [1.807, 2.05) is 35.2 Å². The topological polar surface area (TPSA) is 84.7 Å². The molecule has 30 heavy (non-hydrogen) atoms. The lowest BCUT2D eigenvalue weighted by Gasteiger charge is -2.32. The van der Waals surface area contributed by atoms with Crippen LogP contribution in [0.1, 0.15) is 41.3 Å². The van der Waals surface area contributed by atoms with Gasteiger partial charge in [0.2, 0.25) is 0 Å². The van der Waals surface area contributed by atoms with Crippen molar-refractivity contribution in [3.05, 3.63) is 77.4 Å². The summed E-state index contributed by atoms with van der Waals surface area (Å²) in [5, 5.41) is 0. The smallest absolute Gasteiger partial charge is 0.256 e. The number of carbonyl (C=O) groups is 2. The van der Waals surface area contributed by atoms with Gasteiger partial charge in [-0.3, -0.25) is 19.9 Å². The van der Waals surface area contributed by atoms with E-state index in [4.69, 9.17) is 10.6 Å². The molecule has 156 valence electrons. The molecule has 6 heteroatoms. The van der Waals surface area contributed by atoms with Gasteiger partial charge in [0.25, 0.3) is 11.8 Å². The Morgan fingerprint density at radius 1 is 1.10 bits per heavy atom. The van der Waals surface area contributed by atoms with Gasteiger partial charge >= 0.3 is 0 Å². The fourth-order valence-corrected chi connectivity index (χ4v) is 4.02. The number of primary amides is 1. The number of piperidine rings is 1. The first kappa shape index (κ1) is 20.2. The van der Waals surface area contributed by atoms with Crippen LogP contribution in [0.4, 0.5) is 0 Å². The van der Waals surface area contributed by atoms with E-state index in [1.54, 1.807) is 13.0 Å². The summed E-state index contributed by atoms with van der Waals surface area (Å²) in [7, 11) is 0. The van der Waals surface area contributed by atoms with Gasteiger partial charge in [0.05, 0.1) is 5.70 Å². The lowest BCUT2D eigenvalue weighted by atomic mass is 9.90.